The monoisotopic (exact) mass is 260 g/mol. The largest absolute Gasteiger partial charge is 0.481 e. The van der Waals surface area contributed by atoms with Crippen LogP contribution in [0.2, 0.25) is 0 Å². The third-order valence-electron chi connectivity index (χ3n) is 3.96. The van der Waals surface area contributed by atoms with Gasteiger partial charge in [-0.15, -0.1) is 0 Å². The van der Waals surface area contributed by atoms with Crippen molar-refractivity contribution >= 4 is 22.8 Å². The van der Waals surface area contributed by atoms with Crippen molar-refractivity contribution in [2.24, 2.45) is 5.92 Å². The summed E-state index contributed by atoms with van der Waals surface area (Å²) in [5, 5.41) is 9.02. The Morgan fingerprint density at radius 3 is 2.74 bits per heavy atom. The number of nitrogens with zero attached hydrogens (tertiary/aromatic N) is 3. The summed E-state index contributed by atoms with van der Waals surface area (Å²) in [5.74, 6) is -0.435. The van der Waals surface area contributed by atoms with Crippen molar-refractivity contribution in [3.63, 3.8) is 0 Å². The summed E-state index contributed by atoms with van der Waals surface area (Å²) in [6, 6.07) is 2.21. The van der Waals surface area contributed by atoms with Crippen LogP contribution in [0.1, 0.15) is 31.7 Å². The van der Waals surface area contributed by atoms with Gasteiger partial charge in [-0.1, -0.05) is 0 Å². The molecular formula is C13H16N4O2. The molecule has 6 nitrogen and oxygen atoms in total. The van der Waals surface area contributed by atoms with Crippen LogP contribution in [0.5, 0.6) is 0 Å². The van der Waals surface area contributed by atoms with Crippen LogP contribution in [0.3, 0.4) is 0 Å². The number of carboxylic acid groups (broad SMARTS) is 1. The Bertz CT molecular complexity index is 614. The summed E-state index contributed by atoms with van der Waals surface area (Å²) in [5.41, 5.74) is 7.50. The predicted molar refractivity (Wildman–Crippen MR) is 70.6 cm³/mol. The van der Waals surface area contributed by atoms with E-state index in [4.69, 9.17) is 10.8 Å². The van der Waals surface area contributed by atoms with Gasteiger partial charge in [0.1, 0.15) is 5.52 Å². The van der Waals surface area contributed by atoms with Crippen LogP contribution < -0.4 is 5.73 Å². The lowest BCUT2D eigenvalue weighted by atomic mass is 9.86. The summed E-state index contributed by atoms with van der Waals surface area (Å²) >= 11 is 0. The summed E-state index contributed by atoms with van der Waals surface area (Å²) in [7, 11) is 0. The average molecular weight is 260 g/mol. The summed E-state index contributed by atoms with van der Waals surface area (Å²) in [6.07, 6.45) is 6.64. The zero-order chi connectivity index (χ0) is 13.4. The number of fused-ring (bicyclic) bond motifs is 1. The van der Waals surface area contributed by atoms with E-state index in [1.54, 1.807) is 12.5 Å². The molecule has 6 heteroatoms. The predicted octanol–water partition coefficient (Wildman–Crippen LogP) is 1.83. The fourth-order valence-electron chi connectivity index (χ4n) is 2.87. The standard InChI is InChI=1S/C13H16N4O2/c14-12-11-10(5-6-15-12)17(7-16-11)9-3-1-8(2-4-9)13(18)19/h5-9H,1-4H2,(H2,14,15)(H,18,19)/t8-,9+. The maximum atomic E-state index is 11.0. The van der Waals surface area contributed by atoms with E-state index in [1.165, 1.54) is 0 Å². The van der Waals surface area contributed by atoms with Crippen molar-refractivity contribution < 1.29 is 9.90 Å². The number of carboxylic acids is 1. The molecule has 0 atom stereocenters. The van der Waals surface area contributed by atoms with Crippen molar-refractivity contribution in [1.82, 2.24) is 14.5 Å². The zero-order valence-electron chi connectivity index (χ0n) is 10.5. The first-order valence-corrected chi connectivity index (χ1v) is 6.46. The van der Waals surface area contributed by atoms with E-state index in [0.717, 1.165) is 36.7 Å². The Morgan fingerprint density at radius 2 is 2.05 bits per heavy atom. The highest BCUT2D eigenvalue weighted by molar-refractivity contribution is 5.84. The third kappa shape index (κ3) is 2.03. The lowest BCUT2D eigenvalue weighted by Crippen LogP contribution is -2.23. The van der Waals surface area contributed by atoms with Crippen LogP contribution >= 0.6 is 0 Å². The number of nitrogens with two attached hydrogens (primary N) is 1. The second-order valence-corrected chi connectivity index (χ2v) is 5.06. The quantitative estimate of drug-likeness (QED) is 0.859. The van der Waals surface area contributed by atoms with Gasteiger partial charge in [-0.2, -0.15) is 0 Å². The lowest BCUT2D eigenvalue weighted by molar-refractivity contribution is -0.143. The smallest absolute Gasteiger partial charge is 0.306 e. The van der Waals surface area contributed by atoms with Crippen molar-refractivity contribution in [2.45, 2.75) is 31.7 Å². The van der Waals surface area contributed by atoms with Crippen LogP contribution in [0.4, 0.5) is 5.82 Å². The highest BCUT2D eigenvalue weighted by Crippen LogP contribution is 2.34. The molecule has 0 bridgehead atoms. The van der Waals surface area contributed by atoms with E-state index in [2.05, 4.69) is 14.5 Å². The number of imidazole rings is 1. The molecule has 0 radical (unpaired) electrons. The molecule has 2 heterocycles. The van der Waals surface area contributed by atoms with Crippen molar-refractivity contribution in [3.05, 3.63) is 18.6 Å². The Labute approximate surface area is 110 Å². The molecule has 0 unspecified atom stereocenters. The van der Waals surface area contributed by atoms with Gasteiger partial charge in [0.2, 0.25) is 0 Å². The highest BCUT2D eigenvalue weighted by Gasteiger charge is 2.27. The second kappa shape index (κ2) is 4.53. The number of hydrogen-bond acceptors (Lipinski definition) is 4. The maximum Gasteiger partial charge on any atom is 0.306 e. The lowest BCUT2D eigenvalue weighted by Gasteiger charge is -2.27. The van der Waals surface area contributed by atoms with Gasteiger partial charge in [-0.05, 0) is 31.7 Å². The number of aromatic nitrogens is 3. The fourth-order valence-corrected chi connectivity index (χ4v) is 2.87. The average Bonchev–Trinajstić information content (AvgIpc) is 2.84. The summed E-state index contributed by atoms with van der Waals surface area (Å²) < 4.78 is 2.10. The van der Waals surface area contributed by atoms with Gasteiger partial charge in [-0.3, -0.25) is 4.79 Å². The number of hydrogen-bond donors (Lipinski definition) is 2. The minimum Gasteiger partial charge on any atom is -0.481 e. The van der Waals surface area contributed by atoms with Gasteiger partial charge in [0.25, 0.3) is 0 Å². The topological polar surface area (TPSA) is 94.0 Å². The fraction of sp³-hybridized carbons (Fsp3) is 0.462. The number of aliphatic carboxylic acids is 1. The second-order valence-electron chi connectivity index (χ2n) is 5.06. The van der Waals surface area contributed by atoms with E-state index in [0.29, 0.717) is 11.9 Å². The van der Waals surface area contributed by atoms with Gasteiger partial charge in [0.15, 0.2) is 5.82 Å². The minimum absolute atomic E-state index is 0.197. The molecule has 3 rings (SSSR count). The maximum absolute atomic E-state index is 11.0. The Kier molecular flexibility index (Phi) is 2.85. The molecule has 0 amide bonds. The molecule has 2 aromatic rings. The molecule has 3 N–H and O–H groups in total. The molecule has 1 aliphatic carbocycles. The van der Waals surface area contributed by atoms with Gasteiger partial charge >= 0.3 is 5.97 Å². The Hall–Kier alpha value is -2.11. The SMILES string of the molecule is Nc1nccc2c1ncn2[C@H]1CC[C@@H](C(=O)O)CC1. The molecule has 1 saturated carbocycles. The summed E-state index contributed by atoms with van der Waals surface area (Å²) in [6.45, 7) is 0. The van der Waals surface area contributed by atoms with Crippen molar-refractivity contribution in [2.75, 3.05) is 5.73 Å². The highest BCUT2D eigenvalue weighted by atomic mass is 16.4. The number of nitrogen functional groups attached to an aromatic ring is 1. The van der Waals surface area contributed by atoms with Crippen molar-refractivity contribution in [3.8, 4) is 0 Å². The van der Waals surface area contributed by atoms with Crippen LogP contribution in [0.15, 0.2) is 18.6 Å². The number of carbonyl (C=O) groups is 1. The molecule has 1 aliphatic rings. The number of pyridine rings is 1. The Balaban J connectivity index is 1.86. The van der Waals surface area contributed by atoms with Crippen molar-refractivity contribution in [1.29, 1.82) is 0 Å². The number of anilines is 1. The number of rotatable bonds is 2. The molecule has 0 aliphatic heterocycles. The van der Waals surface area contributed by atoms with E-state index >= 15 is 0 Å². The first kappa shape index (κ1) is 12.0. The first-order valence-electron chi connectivity index (χ1n) is 6.46. The molecule has 100 valence electrons. The Morgan fingerprint density at radius 1 is 1.32 bits per heavy atom. The van der Waals surface area contributed by atoms with Crippen LogP contribution in [-0.4, -0.2) is 25.6 Å². The van der Waals surface area contributed by atoms with Gasteiger partial charge in [-0.25, -0.2) is 9.97 Å². The normalized spacial score (nSPS) is 23.6. The first-order chi connectivity index (χ1) is 9.16. The van der Waals surface area contributed by atoms with Gasteiger partial charge < -0.3 is 15.4 Å². The van der Waals surface area contributed by atoms with Crippen LogP contribution in [0, 0.1) is 5.92 Å². The molecular weight excluding hydrogens is 244 g/mol. The van der Waals surface area contributed by atoms with Crippen LogP contribution in [0.25, 0.3) is 11.0 Å². The molecule has 0 saturated heterocycles. The van der Waals surface area contributed by atoms with Crippen LogP contribution in [-0.2, 0) is 4.79 Å². The van der Waals surface area contributed by atoms with Gasteiger partial charge in [0.05, 0.1) is 17.8 Å². The summed E-state index contributed by atoms with van der Waals surface area (Å²) in [4.78, 5) is 19.3. The minimum atomic E-state index is -0.678. The molecule has 1 fully saturated rings. The molecule has 19 heavy (non-hydrogen) atoms. The van der Waals surface area contributed by atoms with Gasteiger partial charge in [0, 0.05) is 12.2 Å². The molecule has 0 aromatic carbocycles. The molecule has 0 spiro atoms. The third-order valence-corrected chi connectivity index (χ3v) is 3.96. The van der Waals surface area contributed by atoms with E-state index in [-0.39, 0.29) is 5.92 Å². The van der Waals surface area contributed by atoms with E-state index < -0.39 is 5.97 Å². The van der Waals surface area contributed by atoms with E-state index in [9.17, 15) is 4.79 Å². The molecule has 2 aromatic heterocycles. The zero-order valence-corrected chi connectivity index (χ0v) is 10.5. The van der Waals surface area contributed by atoms with E-state index in [1.807, 2.05) is 6.07 Å².